The fourth-order valence-corrected chi connectivity index (χ4v) is 9.63. The van der Waals surface area contributed by atoms with Crippen LogP contribution < -0.4 is 20.4 Å². The van der Waals surface area contributed by atoms with Gasteiger partial charge in [-0.05, 0) is 48.2 Å². The van der Waals surface area contributed by atoms with Gasteiger partial charge in [0.25, 0.3) is 0 Å². The fourth-order valence-electron chi connectivity index (χ4n) is 7.51. The van der Waals surface area contributed by atoms with Crippen molar-refractivity contribution in [2.75, 3.05) is 20.4 Å². The first-order valence-electron chi connectivity index (χ1n) is 19.2. The van der Waals surface area contributed by atoms with Crippen LogP contribution in [0.3, 0.4) is 0 Å². The van der Waals surface area contributed by atoms with Crippen molar-refractivity contribution in [1.82, 2.24) is 0 Å². The molecule has 13 heteroatoms. The first-order chi connectivity index (χ1) is 26.0. The molecule has 0 aliphatic carbocycles. The number of hydrogen-bond acceptors (Lipinski definition) is 10. The zero-order chi connectivity index (χ0) is 38.7. The summed E-state index contributed by atoms with van der Waals surface area (Å²) in [6, 6.07) is 34.2. The molecule has 0 aromatic heterocycles. The van der Waals surface area contributed by atoms with Crippen molar-refractivity contribution in [1.29, 1.82) is 0 Å². The average molecular weight is 815 g/mol. The summed E-state index contributed by atoms with van der Waals surface area (Å²) in [7, 11) is -9.26. The van der Waals surface area contributed by atoms with Crippen LogP contribution in [-0.4, -0.2) is 73.7 Å². The second-order valence-electron chi connectivity index (χ2n) is 14.2. The standard InChI is InChI=1S/2C21H28N2O3S.Ca/c2*1-2-3-4-5-11-16-21(27(24,25)26)22-19-14-9-10-15-20(19)23(21)17-18-12-7-6-8-13-18;/h2*6-10,12-15,22H,2-5,11,16-17H2,1H3,(H,24,25,26);/q;;+2/p-2. The number of benzene rings is 4. The molecule has 4 aromatic rings. The Bertz CT molecular complexity index is 1860. The summed E-state index contributed by atoms with van der Waals surface area (Å²) in [6.07, 6.45) is 10.3. The van der Waals surface area contributed by atoms with Gasteiger partial charge in [-0.3, -0.25) is 0 Å². The van der Waals surface area contributed by atoms with Crippen LogP contribution in [0.15, 0.2) is 109 Å². The first kappa shape index (κ1) is 44.9. The van der Waals surface area contributed by atoms with E-state index in [0.29, 0.717) is 37.3 Å². The zero-order valence-corrected chi connectivity index (χ0v) is 36.0. The molecule has 2 heterocycles. The minimum atomic E-state index is -4.63. The van der Waals surface area contributed by atoms with Crippen molar-refractivity contribution in [3.8, 4) is 0 Å². The van der Waals surface area contributed by atoms with Gasteiger partial charge >= 0.3 is 37.7 Å². The number of unbranched alkanes of at least 4 members (excludes halogenated alkanes) is 8. The van der Waals surface area contributed by atoms with Crippen LogP contribution in [0, 0.1) is 0 Å². The zero-order valence-electron chi connectivity index (χ0n) is 32.2. The average Bonchev–Trinajstić information content (AvgIpc) is 3.66. The third-order valence-electron chi connectivity index (χ3n) is 10.4. The molecular weight excluding hydrogens is 761 g/mol. The molecule has 0 spiro atoms. The third kappa shape index (κ3) is 10.8. The van der Waals surface area contributed by atoms with Crippen LogP contribution >= 0.6 is 0 Å². The Morgan fingerprint density at radius 2 is 0.818 bits per heavy atom. The van der Waals surface area contributed by atoms with Gasteiger partial charge in [0, 0.05) is 25.9 Å². The Kier molecular flexibility index (Phi) is 16.8. The molecule has 2 aliphatic heterocycles. The van der Waals surface area contributed by atoms with Crippen LogP contribution in [-0.2, 0) is 33.3 Å². The second kappa shape index (κ2) is 20.5. The molecule has 0 saturated carbocycles. The van der Waals surface area contributed by atoms with Gasteiger partial charge in [-0.25, -0.2) is 16.8 Å². The molecule has 292 valence electrons. The van der Waals surface area contributed by atoms with Crippen LogP contribution in [0.4, 0.5) is 22.7 Å². The first-order valence-corrected chi connectivity index (χ1v) is 22.1. The number of anilines is 4. The molecule has 4 aromatic carbocycles. The molecule has 55 heavy (non-hydrogen) atoms. The molecule has 0 bridgehead atoms. The van der Waals surface area contributed by atoms with Crippen LogP contribution in [0.25, 0.3) is 0 Å². The largest absolute Gasteiger partial charge is 2.00 e. The van der Waals surface area contributed by atoms with Crippen molar-refractivity contribution in [2.24, 2.45) is 0 Å². The monoisotopic (exact) mass is 814 g/mol. The predicted octanol–water partition coefficient (Wildman–Crippen LogP) is 8.98. The van der Waals surface area contributed by atoms with Gasteiger partial charge in [0.05, 0.1) is 22.7 Å². The van der Waals surface area contributed by atoms with E-state index in [1.807, 2.05) is 109 Å². The minimum Gasteiger partial charge on any atom is -0.745 e. The van der Waals surface area contributed by atoms with Crippen LogP contribution in [0.5, 0.6) is 0 Å². The Morgan fingerprint density at radius 1 is 0.491 bits per heavy atom. The van der Waals surface area contributed by atoms with Crippen molar-refractivity contribution in [3.05, 3.63) is 120 Å². The SMILES string of the molecule is CCCCCCCC1(S(=O)(=O)[O-])Nc2ccccc2N1Cc1ccccc1.CCCCCCCC1(S(=O)(=O)[O-])Nc2ccccc2N1Cc1ccccc1.[Ca+2]. The minimum absolute atomic E-state index is 0. The molecule has 2 aliphatic rings. The molecule has 2 atom stereocenters. The van der Waals surface area contributed by atoms with Gasteiger partial charge in [0.2, 0.25) is 9.99 Å². The van der Waals surface area contributed by atoms with E-state index in [9.17, 15) is 25.9 Å². The number of para-hydroxylation sites is 4. The van der Waals surface area contributed by atoms with Gasteiger partial charge in [0.15, 0.2) is 0 Å². The summed E-state index contributed by atoms with van der Waals surface area (Å²) in [5.41, 5.74) is 4.84. The van der Waals surface area contributed by atoms with Crippen LogP contribution in [0.1, 0.15) is 102 Å². The molecular formula is C42H54CaN4O6S2. The van der Waals surface area contributed by atoms with E-state index in [2.05, 4.69) is 24.5 Å². The summed E-state index contributed by atoms with van der Waals surface area (Å²) in [5, 5.41) is 6.15. The smallest absolute Gasteiger partial charge is 0.745 e. The van der Waals surface area contributed by atoms with E-state index in [-0.39, 0.29) is 50.6 Å². The molecule has 0 fully saturated rings. The summed E-state index contributed by atoms with van der Waals surface area (Å²) in [6.45, 7) is 5.00. The van der Waals surface area contributed by atoms with E-state index >= 15 is 0 Å². The van der Waals surface area contributed by atoms with Crippen molar-refractivity contribution >= 4 is 80.7 Å². The maximum absolute atomic E-state index is 12.5. The Hall–Kier alpha value is -2.84. The quantitative estimate of drug-likeness (QED) is 0.0567. The predicted molar refractivity (Wildman–Crippen MR) is 223 cm³/mol. The summed E-state index contributed by atoms with van der Waals surface area (Å²) >= 11 is 0. The third-order valence-corrected chi connectivity index (χ3v) is 13.1. The Morgan fingerprint density at radius 3 is 1.16 bits per heavy atom. The van der Waals surface area contributed by atoms with Crippen molar-refractivity contribution < 1.29 is 25.9 Å². The van der Waals surface area contributed by atoms with Crippen molar-refractivity contribution in [2.45, 2.75) is 114 Å². The molecule has 0 amide bonds. The molecule has 2 unspecified atom stereocenters. The number of rotatable bonds is 18. The van der Waals surface area contributed by atoms with E-state index in [4.69, 9.17) is 0 Å². The van der Waals surface area contributed by atoms with Gasteiger partial charge < -0.3 is 29.5 Å². The van der Waals surface area contributed by atoms with Crippen LogP contribution in [0.2, 0.25) is 0 Å². The topological polar surface area (TPSA) is 145 Å². The van der Waals surface area contributed by atoms with Crippen molar-refractivity contribution in [3.63, 3.8) is 0 Å². The molecule has 0 radical (unpaired) electrons. The molecule has 6 rings (SSSR count). The number of fused-ring (bicyclic) bond motifs is 2. The maximum atomic E-state index is 12.5. The van der Waals surface area contributed by atoms with E-state index in [1.165, 1.54) is 0 Å². The van der Waals surface area contributed by atoms with Gasteiger partial charge in [-0.2, -0.15) is 0 Å². The number of nitrogens with zero attached hydrogens (tertiary/aromatic N) is 2. The number of hydrogen-bond donors (Lipinski definition) is 2. The molecule has 10 nitrogen and oxygen atoms in total. The van der Waals surface area contributed by atoms with Gasteiger partial charge in [-0.1, -0.05) is 150 Å². The Labute approximate surface area is 358 Å². The Balaban J connectivity index is 0.000000240. The molecule has 2 N–H and O–H groups in total. The normalized spacial score (nSPS) is 18.6. The van der Waals surface area contributed by atoms with Gasteiger partial charge in [-0.15, -0.1) is 0 Å². The second-order valence-corrected chi connectivity index (χ2v) is 17.4. The molecule has 0 saturated heterocycles. The number of nitrogens with one attached hydrogen (secondary N) is 2. The summed E-state index contributed by atoms with van der Waals surface area (Å²) in [5.74, 6) is 0. The summed E-state index contributed by atoms with van der Waals surface area (Å²) < 4.78 is 74.9. The van der Waals surface area contributed by atoms with E-state index in [1.54, 1.807) is 9.80 Å². The summed E-state index contributed by atoms with van der Waals surface area (Å²) in [4.78, 5) is 0.192. The van der Waals surface area contributed by atoms with E-state index in [0.717, 1.165) is 73.9 Å². The van der Waals surface area contributed by atoms with E-state index < -0.39 is 30.2 Å². The van der Waals surface area contributed by atoms with Gasteiger partial charge in [0.1, 0.15) is 20.2 Å². The fraction of sp³-hybridized carbons (Fsp3) is 0.429. The maximum Gasteiger partial charge on any atom is 2.00 e.